The Labute approximate surface area is 136 Å². The van der Waals surface area contributed by atoms with Gasteiger partial charge < -0.3 is 4.90 Å². The molecule has 1 amide bonds. The van der Waals surface area contributed by atoms with Crippen LogP contribution in [0.3, 0.4) is 0 Å². The fraction of sp³-hybridized carbons (Fsp3) is 0.278. The van der Waals surface area contributed by atoms with Crippen LogP contribution in [0.5, 0.6) is 0 Å². The molecule has 1 saturated heterocycles. The van der Waals surface area contributed by atoms with Crippen molar-refractivity contribution in [1.82, 2.24) is 0 Å². The van der Waals surface area contributed by atoms with Crippen LogP contribution in [0.15, 0.2) is 54.6 Å². The van der Waals surface area contributed by atoms with Crippen molar-refractivity contribution >= 4 is 21.4 Å². The lowest BCUT2D eigenvalue weighted by Gasteiger charge is -2.28. The molecule has 0 N–H and O–H groups in total. The molecule has 4 nitrogen and oxygen atoms in total. The highest BCUT2D eigenvalue weighted by Crippen LogP contribution is 2.26. The first-order chi connectivity index (χ1) is 11.0. The summed E-state index contributed by atoms with van der Waals surface area (Å²) in [6.45, 7) is 1.98. The van der Waals surface area contributed by atoms with Crippen LogP contribution in [0.2, 0.25) is 0 Å². The first-order valence-electron chi connectivity index (χ1n) is 7.62. The summed E-state index contributed by atoms with van der Waals surface area (Å²) in [7, 11) is -3.07. The van der Waals surface area contributed by atoms with Crippen LogP contribution < -0.4 is 4.90 Å². The molecule has 1 fully saturated rings. The highest BCUT2D eigenvalue weighted by atomic mass is 32.2. The fourth-order valence-corrected chi connectivity index (χ4v) is 4.60. The topological polar surface area (TPSA) is 54.5 Å². The van der Waals surface area contributed by atoms with Gasteiger partial charge in [0.1, 0.15) is 0 Å². The maximum atomic E-state index is 13.0. The van der Waals surface area contributed by atoms with Gasteiger partial charge in [-0.1, -0.05) is 35.9 Å². The molecule has 3 rings (SSSR count). The zero-order valence-electron chi connectivity index (χ0n) is 13.0. The summed E-state index contributed by atoms with van der Waals surface area (Å²) >= 11 is 0. The Morgan fingerprint density at radius 3 is 2.26 bits per heavy atom. The van der Waals surface area contributed by atoms with Gasteiger partial charge in [-0.25, -0.2) is 8.42 Å². The Bertz CT molecular complexity index is 798. The quantitative estimate of drug-likeness (QED) is 0.870. The minimum absolute atomic E-state index is 0.0272. The third kappa shape index (κ3) is 3.45. The van der Waals surface area contributed by atoms with Crippen molar-refractivity contribution in [2.75, 3.05) is 16.4 Å². The number of rotatable bonds is 3. The molecule has 0 bridgehead atoms. The molecule has 0 aromatic heterocycles. The summed E-state index contributed by atoms with van der Waals surface area (Å²) in [5.74, 6) is 0.0122. The second-order valence-electron chi connectivity index (χ2n) is 5.93. The summed E-state index contributed by atoms with van der Waals surface area (Å²) in [5.41, 5.74) is 2.41. The number of hydrogen-bond donors (Lipinski definition) is 0. The van der Waals surface area contributed by atoms with Crippen molar-refractivity contribution in [2.24, 2.45) is 0 Å². The fourth-order valence-electron chi connectivity index (χ4n) is 2.90. The Kier molecular flexibility index (Phi) is 4.22. The standard InChI is InChI=1S/C18H19NO3S/c1-14-7-9-16(10-8-14)19(17-11-12-23(21,22)13-17)18(20)15-5-3-2-4-6-15/h2-10,17H,11-13H2,1H3. The Hall–Kier alpha value is -2.14. The highest BCUT2D eigenvalue weighted by molar-refractivity contribution is 7.91. The van der Waals surface area contributed by atoms with Crippen LogP contribution in [0.4, 0.5) is 5.69 Å². The van der Waals surface area contributed by atoms with Crippen molar-refractivity contribution in [2.45, 2.75) is 19.4 Å². The lowest BCUT2D eigenvalue weighted by Crippen LogP contribution is -2.41. The third-order valence-corrected chi connectivity index (χ3v) is 5.88. The number of hydrogen-bond acceptors (Lipinski definition) is 3. The Balaban J connectivity index is 2.00. The molecular formula is C18H19NO3S. The van der Waals surface area contributed by atoms with Gasteiger partial charge in [0.2, 0.25) is 0 Å². The molecule has 5 heteroatoms. The second kappa shape index (κ2) is 6.16. The molecule has 2 aromatic rings. The van der Waals surface area contributed by atoms with E-state index in [-0.39, 0.29) is 23.5 Å². The van der Waals surface area contributed by atoms with Crippen molar-refractivity contribution in [3.8, 4) is 0 Å². The zero-order chi connectivity index (χ0) is 16.4. The molecule has 1 aliphatic rings. The molecule has 2 aromatic carbocycles. The van der Waals surface area contributed by atoms with Crippen LogP contribution in [0.25, 0.3) is 0 Å². The molecule has 0 saturated carbocycles. The predicted octanol–water partition coefficient (Wildman–Crippen LogP) is 2.83. The van der Waals surface area contributed by atoms with Crippen molar-refractivity contribution < 1.29 is 13.2 Å². The Morgan fingerprint density at radius 2 is 1.70 bits per heavy atom. The number of carbonyl (C=O) groups is 1. The van der Waals surface area contributed by atoms with Crippen LogP contribution in [-0.2, 0) is 9.84 Å². The zero-order valence-corrected chi connectivity index (χ0v) is 13.8. The van der Waals surface area contributed by atoms with E-state index in [1.165, 1.54) is 0 Å². The molecule has 120 valence electrons. The van der Waals surface area contributed by atoms with Gasteiger partial charge in [-0.15, -0.1) is 0 Å². The number of carbonyl (C=O) groups excluding carboxylic acids is 1. The minimum atomic E-state index is -3.07. The molecule has 1 heterocycles. The summed E-state index contributed by atoms with van der Waals surface area (Å²) in [4.78, 5) is 14.6. The molecule has 1 atom stereocenters. The maximum absolute atomic E-state index is 13.0. The molecule has 23 heavy (non-hydrogen) atoms. The van der Waals surface area contributed by atoms with Gasteiger partial charge in [-0.05, 0) is 37.6 Å². The van der Waals surface area contributed by atoms with Crippen molar-refractivity contribution in [3.05, 3.63) is 65.7 Å². The predicted molar refractivity (Wildman–Crippen MR) is 91.5 cm³/mol. The second-order valence-corrected chi connectivity index (χ2v) is 8.16. The molecular weight excluding hydrogens is 310 g/mol. The average Bonchev–Trinajstić information content (AvgIpc) is 2.90. The lowest BCUT2D eigenvalue weighted by atomic mass is 10.1. The first kappa shape index (κ1) is 15.7. The summed E-state index contributed by atoms with van der Waals surface area (Å²) < 4.78 is 23.7. The number of nitrogens with zero attached hydrogens (tertiary/aromatic N) is 1. The average molecular weight is 329 g/mol. The van der Waals surface area contributed by atoms with Crippen LogP contribution in [0.1, 0.15) is 22.3 Å². The monoisotopic (exact) mass is 329 g/mol. The lowest BCUT2D eigenvalue weighted by molar-refractivity contribution is 0.0979. The minimum Gasteiger partial charge on any atom is -0.304 e. The summed E-state index contributed by atoms with van der Waals surface area (Å²) in [5, 5.41) is 0. The van der Waals surface area contributed by atoms with E-state index in [4.69, 9.17) is 0 Å². The Morgan fingerprint density at radius 1 is 1.04 bits per heavy atom. The molecule has 0 aliphatic carbocycles. The largest absolute Gasteiger partial charge is 0.304 e. The molecule has 0 radical (unpaired) electrons. The van der Waals surface area contributed by atoms with E-state index in [0.29, 0.717) is 12.0 Å². The van der Waals surface area contributed by atoms with Gasteiger partial charge in [0.15, 0.2) is 9.84 Å². The van der Waals surface area contributed by atoms with Gasteiger partial charge in [-0.2, -0.15) is 0 Å². The van der Waals surface area contributed by atoms with E-state index >= 15 is 0 Å². The summed E-state index contributed by atoms with van der Waals surface area (Å²) in [6.07, 6.45) is 0.481. The van der Waals surface area contributed by atoms with Gasteiger partial charge in [0, 0.05) is 11.3 Å². The van der Waals surface area contributed by atoms with Gasteiger partial charge in [0.25, 0.3) is 5.91 Å². The third-order valence-electron chi connectivity index (χ3n) is 4.13. The molecule has 1 aliphatic heterocycles. The van der Waals surface area contributed by atoms with Crippen LogP contribution in [-0.4, -0.2) is 31.9 Å². The van der Waals surface area contributed by atoms with E-state index in [1.54, 1.807) is 17.0 Å². The van der Waals surface area contributed by atoms with Crippen molar-refractivity contribution in [3.63, 3.8) is 0 Å². The van der Waals surface area contributed by atoms with Crippen LogP contribution in [0, 0.1) is 6.92 Å². The maximum Gasteiger partial charge on any atom is 0.258 e. The molecule has 0 spiro atoms. The number of amides is 1. The van der Waals surface area contributed by atoms with Gasteiger partial charge >= 0.3 is 0 Å². The van der Waals surface area contributed by atoms with E-state index in [1.807, 2.05) is 49.4 Å². The van der Waals surface area contributed by atoms with Gasteiger partial charge in [0.05, 0.1) is 17.5 Å². The SMILES string of the molecule is Cc1ccc(N(C(=O)c2ccccc2)C2CCS(=O)(=O)C2)cc1. The number of anilines is 1. The van der Waals surface area contributed by atoms with E-state index in [9.17, 15) is 13.2 Å². The number of benzene rings is 2. The smallest absolute Gasteiger partial charge is 0.258 e. The van der Waals surface area contributed by atoms with E-state index < -0.39 is 9.84 Å². The highest BCUT2D eigenvalue weighted by Gasteiger charge is 2.35. The number of aryl methyl sites for hydroxylation is 1. The van der Waals surface area contributed by atoms with E-state index in [0.717, 1.165) is 11.3 Å². The molecule has 1 unspecified atom stereocenters. The van der Waals surface area contributed by atoms with Crippen molar-refractivity contribution in [1.29, 1.82) is 0 Å². The summed E-state index contributed by atoms with van der Waals surface area (Å²) in [6, 6.07) is 16.3. The van der Waals surface area contributed by atoms with E-state index in [2.05, 4.69) is 0 Å². The normalized spacial score (nSPS) is 19.4. The van der Waals surface area contributed by atoms with Gasteiger partial charge in [-0.3, -0.25) is 4.79 Å². The first-order valence-corrected chi connectivity index (χ1v) is 9.44. The van der Waals surface area contributed by atoms with Crippen LogP contribution >= 0.6 is 0 Å². The number of sulfone groups is 1.